The molecule has 0 saturated carbocycles. The van der Waals surface area contributed by atoms with Crippen molar-refractivity contribution in [1.82, 2.24) is 0 Å². The maximum absolute atomic E-state index is 11.2. The van der Waals surface area contributed by atoms with E-state index in [2.05, 4.69) is 0 Å². The molecular weight excluding hydrogens is 232 g/mol. The Hall–Kier alpha value is -1.55. The number of esters is 1. The van der Waals surface area contributed by atoms with Crippen LogP contribution >= 0.6 is 0 Å². The molecule has 1 rings (SSSR count). The summed E-state index contributed by atoms with van der Waals surface area (Å²) < 4.78 is 15.5. The van der Waals surface area contributed by atoms with Crippen LogP contribution in [0.2, 0.25) is 0 Å². The number of ether oxygens (including phenoxy) is 3. The second-order valence-corrected chi connectivity index (χ2v) is 3.98. The summed E-state index contributed by atoms with van der Waals surface area (Å²) in [6.07, 6.45) is 0.135. The predicted molar refractivity (Wildman–Crippen MR) is 68.5 cm³/mol. The van der Waals surface area contributed by atoms with Crippen LogP contribution in [0.4, 0.5) is 0 Å². The molecule has 100 valence electrons. The highest BCUT2D eigenvalue weighted by Crippen LogP contribution is 2.13. The first-order valence-electron chi connectivity index (χ1n) is 6.05. The molecule has 0 saturated heterocycles. The lowest BCUT2D eigenvalue weighted by Gasteiger charge is -2.12. The van der Waals surface area contributed by atoms with Crippen LogP contribution in [0.1, 0.15) is 25.8 Å². The number of methoxy groups -OCH3 is 1. The Labute approximate surface area is 108 Å². The average Bonchev–Trinajstić information content (AvgIpc) is 2.37. The molecule has 1 aromatic rings. The summed E-state index contributed by atoms with van der Waals surface area (Å²) in [4.78, 5) is 11.2. The summed E-state index contributed by atoms with van der Waals surface area (Å²) in [6, 6.07) is 7.65. The second kappa shape index (κ2) is 7.71. The van der Waals surface area contributed by atoms with E-state index in [0.717, 1.165) is 11.3 Å². The largest absolute Gasteiger partial charge is 0.497 e. The van der Waals surface area contributed by atoms with Crippen LogP contribution in [-0.4, -0.2) is 25.8 Å². The molecule has 0 unspecified atom stereocenters. The number of hydrogen-bond donors (Lipinski definition) is 0. The summed E-state index contributed by atoms with van der Waals surface area (Å²) in [5.74, 6) is 0.595. The zero-order chi connectivity index (χ0) is 13.4. The Kier molecular flexibility index (Phi) is 6.22. The number of carbonyl (C=O) groups excluding carboxylic acids is 1. The summed E-state index contributed by atoms with van der Waals surface area (Å²) >= 11 is 0. The molecule has 0 aliphatic rings. The first kappa shape index (κ1) is 14.5. The SMILES string of the molecule is CCOC(=O)C[C@H](C)OCc1ccc(OC)cc1. The number of hydrogen-bond acceptors (Lipinski definition) is 4. The van der Waals surface area contributed by atoms with Crippen molar-refractivity contribution in [3.05, 3.63) is 29.8 Å². The molecular formula is C14H20O4. The van der Waals surface area contributed by atoms with Gasteiger partial charge in [-0.2, -0.15) is 0 Å². The Morgan fingerprint density at radius 2 is 1.94 bits per heavy atom. The van der Waals surface area contributed by atoms with Crippen LogP contribution in [0.3, 0.4) is 0 Å². The second-order valence-electron chi connectivity index (χ2n) is 3.98. The molecule has 1 atom stereocenters. The summed E-state index contributed by atoms with van der Waals surface area (Å²) in [7, 11) is 1.63. The van der Waals surface area contributed by atoms with Gasteiger partial charge < -0.3 is 14.2 Å². The van der Waals surface area contributed by atoms with Crippen molar-refractivity contribution in [3.8, 4) is 5.75 Å². The van der Waals surface area contributed by atoms with E-state index in [0.29, 0.717) is 13.2 Å². The van der Waals surface area contributed by atoms with Gasteiger partial charge in [0.25, 0.3) is 0 Å². The summed E-state index contributed by atoms with van der Waals surface area (Å²) in [5, 5.41) is 0. The molecule has 0 aliphatic heterocycles. The van der Waals surface area contributed by atoms with E-state index in [1.54, 1.807) is 14.0 Å². The summed E-state index contributed by atoms with van der Waals surface area (Å²) in [5.41, 5.74) is 1.05. The van der Waals surface area contributed by atoms with E-state index in [4.69, 9.17) is 14.2 Å². The molecule has 0 heterocycles. The number of rotatable bonds is 7. The van der Waals surface area contributed by atoms with Gasteiger partial charge in [0.15, 0.2) is 0 Å². The van der Waals surface area contributed by atoms with E-state index in [1.807, 2.05) is 31.2 Å². The quantitative estimate of drug-likeness (QED) is 0.700. The molecule has 4 nitrogen and oxygen atoms in total. The third-order valence-corrected chi connectivity index (χ3v) is 2.45. The van der Waals surface area contributed by atoms with Gasteiger partial charge in [-0.25, -0.2) is 0 Å². The average molecular weight is 252 g/mol. The third-order valence-electron chi connectivity index (χ3n) is 2.45. The molecule has 0 fully saturated rings. The highest BCUT2D eigenvalue weighted by molar-refractivity contribution is 5.69. The van der Waals surface area contributed by atoms with Gasteiger partial charge in [0.2, 0.25) is 0 Å². The number of benzene rings is 1. The fourth-order valence-electron chi connectivity index (χ4n) is 1.47. The fourth-order valence-corrected chi connectivity index (χ4v) is 1.47. The maximum atomic E-state index is 11.2. The van der Waals surface area contributed by atoms with Crippen molar-refractivity contribution in [1.29, 1.82) is 0 Å². The maximum Gasteiger partial charge on any atom is 0.308 e. The lowest BCUT2D eigenvalue weighted by Crippen LogP contribution is -2.16. The molecule has 0 aliphatic carbocycles. The zero-order valence-corrected chi connectivity index (χ0v) is 11.1. The molecule has 4 heteroatoms. The van der Waals surface area contributed by atoms with Crippen molar-refractivity contribution < 1.29 is 19.0 Å². The van der Waals surface area contributed by atoms with Gasteiger partial charge in [-0.3, -0.25) is 4.79 Å². The predicted octanol–water partition coefficient (Wildman–Crippen LogP) is 2.55. The van der Waals surface area contributed by atoms with Gasteiger partial charge in [0.1, 0.15) is 5.75 Å². The normalized spacial score (nSPS) is 11.9. The van der Waals surface area contributed by atoms with Gasteiger partial charge in [0.05, 0.1) is 32.8 Å². The Balaban J connectivity index is 2.32. The zero-order valence-electron chi connectivity index (χ0n) is 11.1. The molecule has 0 bridgehead atoms. The minimum Gasteiger partial charge on any atom is -0.497 e. The monoisotopic (exact) mass is 252 g/mol. The first-order chi connectivity index (χ1) is 8.65. The van der Waals surface area contributed by atoms with Crippen molar-refractivity contribution in [2.24, 2.45) is 0 Å². The fraction of sp³-hybridized carbons (Fsp3) is 0.500. The smallest absolute Gasteiger partial charge is 0.308 e. The molecule has 0 spiro atoms. The van der Waals surface area contributed by atoms with Crippen molar-refractivity contribution in [2.45, 2.75) is 33.0 Å². The Bertz CT molecular complexity index is 359. The standard InChI is InChI=1S/C14H20O4/c1-4-17-14(15)9-11(2)18-10-12-5-7-13(16-3)8-6-12/h5-8,11H,4,9-10H2,1-3H3/t11-/m0/s1. The van der Waals surface area contributed by atoms with Gasteiger partial charge in [-0.1, -0.05) is 12.1 Å². The lowest BCUT2D eigenvalue weighted by atomic mass is 10.2. The molecule has 0 N–H and O–H groups in total. The van der Waals surface area contributed by atoms with Crippen molar-refractivity contribution >= 4 is 5.97 Å². The van der Waals surface area contributed by atoms with Crippen LogP contribution in [-0.2, 0) is 20.9 Å². The van der Waals surface area contributed by atoms with Gasteiger partial charge in [-0.05, 0) is 31.5 Å². The van der Waals surface area contributed by atoms with Gasteiger partial charge in [0, 0.05) is 0 Å². The van der Waals surface area contributed by atoms with Crippen LogP contribution < -0.4 is 4.74 Å². The highest BCUT2D eigenvalue weighted by Gasteiger charge is 2.10. The third kappa shape index (κ3) is 5.19. The Morgan fingerprint density at radius 1 is 1.28 bits per heavy atom. The minimum atomic E-state index is -0.222. The molecule has 0 aromatic heterocycles. The minimum absolute atomic E-state index is 0.147. The molecule has 1 aromatic carbocycles. The Morgan fingerprint density at radius 3 is 2.50 bits per heavy atom. The molecule has 0 radical (unpaired) electrons. The van der Waals surface area contributed by atoms with E-state index >= 15 is 0 Å². The van der Waals surface area contributed by atoms with Crippen molar-refractivity contribution in [2.75, 3.05) is 13.7 Å². The van der Waals surface area contributed by atoms with Gasteiger partial charge >= 0.3 is 5.97 Å². The molecule has 0 amide bonds. The van der Waals surface area contributed by atoms with E-state index in [1.165, 1.54) is 0 Å². The van der Waals surface area contributed by atoms with Crippen molar-refractivity contribution in [3.63, 3.8) is 0 Å². The van der Waals surface area contributed by atoms with E-state index in [9.17, 15) is 4.79 Å². The molecule has 18 heavy (non-hydrogen) atoms. The van der Waals surface area contributed by atoms with Crippen LogP contribution in [0.25, 0.3) is 0 Å². The van der Waals surface area contributed by atoms with Crippen LogP contribution in [0, 0.1) is 0 Å². The van der Waals surface area contributed by atoms with E-state index in [-0.39, 0.29) is 18.5 Å². The van der Waals surface area contributed by atoms with Crippen LogP contribution in [0.5, 0.6) is 5.75 Å². The lowest BCUT2D eigenvalue weighted by molar-refractivity contribution is -0.146. The highest BCUT2D eigenvalue weighted by atomic mass is 16.5. The van der Waals surface area contributed by atoms with E-state index < -0.39 is 0 Å². The van der Waals surface area contributed by atoms with Gasteiger partial charge in [-0.15, -0.1) is 0 Å². The van der Waals surface area contributed by atoms with Crippen LogP contribution in [0.15, 0.2) is 24.3 Å². The summed E-state index contributed by atoms with van der Waals surface area (Å²) in [6.45, 7) is 4.54. The number of carbonyl (C=O) groups is 1. The first-order valence-corrected chi connectivity index (χ1v) is 6.05. The topological polar surface area (TPSA) is 44.8 Å².